The van der Waals surface area contributed by atoms with E-state index in [2.05, 4.69) is 5.32 Å². The molecule has 0 saturated carbocycles. The molecule has 0 fully saturated rings. The SMILES string of the molecule is CC(C)NC(=O)c1cc(Cl)c(O)c(S(=O)(=O)Nc2cc(-c3ccccc3)c(F)cc2F)c1. The summed E-state index contributed by atoms with van der Waals surface area (Å²) in [6.45, 7) is 3.42. The van der Waals surface area contributed by atoms with Crippen molar-refractivity contribution in [3.05, 3.63) is 76.8 Å². The minimum absolute atomic E-state index is 0.0305. The van der Waals surface area contributed by atoms with Crippen LogP contribution in [0.15, 0.2) is 59.5 Å². The van der Waals surface area contributed by atoms with Gasteiger partial charge in [0.15, 0.2) is 5.75 Å². The van der Waals surface area contributed by atoms with Gasteiger partial charge >= 0.3 is 0 Å². The fraction of sp³-hybridized carbons (Fsp3) is 0.136. The molecule has 0 heterocycles. The van der Waals surface area contributed by atoms with E-state index < -0.39 is 43.9 Å². The summed E-state index contributed by atoms with van der Waals surface area (Å²) in [5.74, 6) is -3.47. The number of hydrogen-bond acceptors (Lipinski definition) is 4. The van der Waals surface area contributed by atoms with Gasteiger partial charge in [0.05, 0.1) is 10.7 Å². The van der Waals surface area contributed by atoms with Gasteiger partial charge in [0.2, 0.25) is 0 Å². The van der Waals surface area contributed by atoms with E-state index in [4.69, 9.17) is 11.6 Å². The second-order valence-electron chi connectivity index (χ2n) is 7.22. The highest BCUT2D eigenvalue weighted by atomic mass is 35.5. The van der Waals surface area contributed by atoms with Gasteiger partial charge in [0.1, 0.15) is 16.5 Å². The number of rotatable bonds is 6. The third kappa shape index (κ3) is 5.00. The van der Waals surface area contributed by atoms with Gasteiger partial charge in [-0.1, -0.05) is 41.9 Å². The Morgan fingerprint density at radius 1 is 1.03 bits per heavy atom. The van der Waals surface area contributed by atoms with Crippen molar-refractivity contribution in [1.29, 1.82) is 0 Å². The molecule has 0 aliphatic rings. The summed E-state index contributed by atoms with van der Waals surface area (Å²) >= 11 is 5.92. The lowest BCUT2D eigenvalue weighted by Gasteiger charge is -2.15. The Morgan fingerprint density at radius 2 is 1.69 bits per heavy atom. The Bertz CT molecular complexity index is 1280. The highest BCUT2D eigenvalue weighted by Gasteiger charge is 2.25. The van der Waals surface area contributed by atoms with Gasteiger partial charge in [-0.25, -0.2) is 17.2 Å². The Morgan fingerprint density at radius 3 is 2.31 bits per heavy atom. The number of sulfonamides is 1. The highest BCUT2D eigenvalue weighted by molar-refractivity contribution is 7.92. The number of carbonyl (C=O) groups is 1. The number of aromatic hydroxyl groups is 1. The van der Waals surface area contributed by atoms with Gasteiger partial charge in [-0.2, -0.15) is 0 Å². The third-order valence-corrected chi connectivity index (χ3v) is 6.05. The van der Waals surface area contributed by atoms with Crippen LogP contribution in [0.3, 0.4) is 0 Å². The summed E-state index contributed by atoms with van der Waals surface area (Å²) in [5, 5.41) is 12.4. The number of halogens is 3. The average Bonchev–Trinajstić information content (AvgIpc) is 2.71. The zero-order valence-corrected chi connectivity index (χ0v) is 18.6. The van der Waals surface area contributed by atoms with E-state index >= 15 is 0 Å². The molecule has 0 saturated heterocycles. The van der Waals surface area contributed by atoms with Gasteiger partial charge in [-0.3, -0.25) is 9.52 Å². The molecule has 3 N–H and O–H groups in total. The molecule has 0 aromatic heterocycles. The Balaban J connectivity index is 2.05. The maximum Gasteiger partial charge on any atom is 0.265 e. The fourth-order valence-electron chi connectivity index (χ4n) is 2.92. The number of phenolic OH excluding ortho intramolecular Hbond substituents is 1. The quantitative estimate of drug-likeness (QED) is 0.466. The van der Waals surface area contributed by atoms with Crippen LogP contribution in [0.1, 0.15) is 24.2 Å². The summed E-state index contributed by atoms with van der Waals surface area (Å²) < 4.78 is 56.6. The molecule has 0 aliphatic heterocycles. The van der Waals surface area contributed by atoms with Crippen LogP contribution in [-0.4, -0.2) is 25.5 Å². The molecule has 168 valence electrons. The fourth-order valence-corrected chi connectivity index (χ4v) is 4.40. The van der Waals surface area contributed by atoms with E-state index in [1.165, 1.54) is 0 Å². The lowest BCUT2D eigenvalue weighted by atomic mass is 10.0. The van der Waals surface area contributed by atoms with E-state index in [0.717, 1.165) is 18.2 Å². The van der Waals surface area contributed by atoms with Crippen LogP contribution in [0.4, 0.5) is 14.5 Å². The predicted molar refractivity (Wildman–Crippen MR) is 118 cm³/mol. The number of carbonyl (C=O) groups excluding carboxylic acids is 1. The number of benzene rings is 3. The molecule has 0 unspecified atom stereocenters. The van der Waals surface area contributed by atoms with E-state index in [0.29, 0.717) is 11.6 Å². The second-order valence-corrected chi connectivity index (χ2v) is 9.27. The number of hydrogen-bond donors (Lipinski definition) is 3. The minimum atomic E-state index is -4.61. The molecule has 32 heavy (non-hydrogen) atoms. The van der Waals surface area contributed by atoms with Crippen molar-refractivity contribution in [2.45, 2.75) is 24.8 Å². The Labute approximate surface area is 188 Å². The smallest absolute Gasteiger partial charge is 0.265 e. The monoisotopic (exact) mass is 480 g/mol. The van der Waals surface area contributed by atoms with Crippen molar-refractivity contribution in [2.24, 2.45) is 0 Å². The molecule has 0 atom stereocenters. The third-order valence-electron chi connectivity index (χ3n) is 4.39. The lowest BCUT2D eigenvalue weighted by Crippen LogP contribution is -2.30. The summed E-state index contributed by atoms with van der Waals surface area (Å²) in [6.07, 6.45) is 0. The summed E-state index contributed by atoms with van der Waals surface area (Å²) in [6, 6.07) is 11.5. The molecule has 6 nitrogen and oxygen atoms in total. The highest BCUT2D eigenvalue weighted by Crippen LogP contribution is 2.35. The first-order chi connectivity index (χ1) is 15.0. The molecule has 3 aromatic rings. The van der Waals surface area contributed by atoms with Gasteiger partial charge in [0.25, 0.3) is 15.9 Å². The van der Waals surface area contributed by atoms with Gasteiger partial charge in [-0.15, -0.1) is 0 Å². The normalized spacial score (nSPS) is 11.4. The largest absolute Gasteiger partial charge is 0.505 e. The van der Waals surface area contributed by atoms with E-state index in [1.54, 1.807) is 44.2 Å². The van der Waals surface area contributed by atoms with E-state index in [9.17, 15) is 27.1 Å². The second kappa shape index (κ2) is 9.13. The zero-order valence-electron chi connectivity index (χ0n) is 17.0. The van der Waals surface area contributed by atoms with E-state index in [1.807, 2.05) is 4.72 Å². The Hall–Kier alpha value is -3.17. The summed E-state index contributed by atoms with van der Waals surface area (Å²) in [7, 11) is -4.61. The molecule has 0 aliphatic carbocycles. The maximum atomic E-state index is 14.4. The first-order valence-electron chi connectivity index (χ1n) is 9.40. The van der Waals surface area contributed by atoms with Crippen LogP contribution in [0.25, 0.3) is 11.1 Å². The molecular formula is C22H19ClF2N2O4S. The number of anilines is 1. The molecule has 3 aromatic carbocycles. The first kappa shape index (κ1) is 23.5. The van der Waals surface area contributed by atoms with Crippen molar-refractivity contribution >= 4 is 33.2 Å². The van der Waals surface area contributed by atoms with Gasteiger partial charge in [-0.05, 0) is 37.6 Å². The predicted octanol–water partition coefficient (Wildman–Crippen LogP) is 4.93. The first-order valence-corrected chi connectivity index (χ1v) is 11.3. The minimum Gasteiger partial charge on any atom is -0.505 e. The van der Waals surface area contributed by atoms with Crippen LogP contribution in [0.5, 0.6) is 5.75 Å². The van der Waals surface area contributed by atoms with Crippen molar-refractivity contribution in [1.82, 2.24) is 5.32 Å². The summed E-state index contributed by atoms with van der Waals surface area (Å²) in [4.78, 5) is 11.5. The van der Waals surface area contributed by atoms with Gasteiger partial charge in [0, 0.05) is 23.2 Å². The number of amides is 1. The topological polar surface area (TPSA) is 95.5 Å². The number of nitrogens with one attached hydrogen (secondary N) is 2. The van der Waals surface area contributed by atoms with Crippen LogP contribution < -0.4 is 10.0 Å². The molecule has 1 amide bonds. The van der Waals surface area contributed by atoms with E-state index in [-0.39, 0.29) is 22.2 Å². The molecule has 0 bridgehead atoms. The Kier molecular flexibility index (Phi) is 6.71. The molecular weight excluding hydrogens is 462 g/mol. The average molecular weight is 481 g/mol. The van der Waals surface area contributed by atoms with Crippen LogP contribution in [0, 0.1) is 11.6 Å². The molecule has 10 heteroatoms. The van der Waals surface area contributed by atoms with Crippen molar-refractivity contribution in [3.8, 4) is 16.9 Å². The molecule has 0 radical (unpaired) electrons. The van der Waals surface area contributed by atoms with Crippen molar-refractivity contribution in [2.75, 3.05) is 4.72 Å². The maximum absolute atomic E-state index is 14.4. The lowest BCUT2D eigenvalue weighted by molar-refractivity contribution is 0.0943. The molecule has 3 rings (SSSR count). The van der Waals surface area contributed by atoms with Crippen LogP contribution >= 0.6 is 11.6 Å². The standard InChI is InChI=1S/C22H19ClF2N2O4S/c1-12(2)26-22(29)14-8-16(23)21(28)20(9-14)32(30,31)27-19-10-15(17(24)11-18(19)25)13-6-4-3-5-7-13/h3-12,27-28H,1-2H3,(H,26,29). The molecule has 0 spiro atoms. The van der Waals surface area contributed by atoms with Crippen LogP contribution in [0.2, 0.25) is 5.02 Å². The van der Waals surface area contributed by atoms with Gasteiger partial charge < -0.3 is 10.4 Å². The van der Waals surface area contributed by atoms with Crippen LogP contribution in [-0.2, 0) is 10.0 Å². The zero-order chi connectivity index (χ0) is 23.6. The van der Waals surface area contributed by atoms with Crippen molar-refractivity contribution < 1.29 is 27.1 Å². The van der Waals surface area contributed by atoms with Crippen molar-refractivity contribution in [3.63, 3.8) is 0 Å². The number of phenols is 1. The summed E-state index contributed by atoms with van der Waals surface area (Å²) in [5.41, 5.74) is -0.287.